The van der Waals surface area contributed by atoms with Crippen LogP contribution in [-0.4, -0.2) is 16.1 Å². The fourth-order valence-corrected chi connectivity index (χ4v) is 1.89. The molecule has 0 atom stereocenters. The Labute approximate surface area is 99.8 Å². The van der Waals surface area contributed by atoms with Gasteiger partial charge in [-0.2, -0.15) is 0 Å². The molecule has 2 aromatic rings. The van der Waals surface area contributed by atoms with Gasteiger partial charge < -0.3 is 5.11 Å². The van der Waals surface area contributed by atoms with Gasteiger partial charge in [-0.1, -0.05) is 30.3 Å². The number of pyridine rings is 1. The zero-order valence-corrected chi connectivity index (χ0v) is 9.55. The fourth-order valence-electron chi connectivity index (χ4n) is 1.89. The van der Waals surface area contributed by atoms with Gasteiger partial charge in [0.1, 0.15) is 0 Å². The maximum atomic E-state index is 10.8. The quantitative estimate of drug-likeness (QED) is 0.877. The van der Waals surface area contributed by atoms with Gasteiger partial charge in [-0.15, -0.1) is 0 Å². The number of carbonyl (C=O) groups is 1. The number of rotatable bonds is 3. The number of carboxylic acids is 1. The molecule has 0 aliphatic rings. The second-order valence-corrected chi connectivity index (χ2v) is 3.89. The maximum Gasteiger partial charge on any atom is 0.309 e. The molecule has 1 aromatic heterocycles. The first-order valence-corrected chi connectivity index (χ1v) is 5.40. The van der Waals surface area contributed by atoms with Gasteiger partial charge in [0.25, 0.3) is 0 Å². The molecule has 0 spiro atoms. The van der Waals surface area contributed by atoms with Crippen molar-refractivity contribution in [2.45, 2.75) is 13.3 Å². The van der Waals surface area contributed by atoms with Gasteiger partial charge in [-0.3, -0.25) is 9.78 Å². The summed E-state index contributed by atoms with van der Waals surface area (Å²) in [5, 5.41) is 8.89. The Hall–Kier alpha value is -2.16. The molecule has 1 N–H and O–H groups in total. The average molecular weight is 227 g/mol. The lowest BCUT2D eigenvalue weighted by molar-refractivity contribution is -0.136. The van der Waals surface area contributed by atoms with Crippen LogP contribution in [0.2, 0.25) is 0 Å². The van der Waals surface area contributed by atoms with Crippen molar-refractivity contribution in [3.63, 3.8) is 0 Å². The summed E-state index contributed by atoms with van der Waals surface area (Å²) in [4.78, 5) is 15.0. The molecule has 3 heteroatoms. The van der Waals surface area contributed by atoms with Crippen molar-refractivity contribution in [2.75, 3.05) is 0 Å². The number of hydrogen-bond acceptors (Lipinski definition) is 2. The average Bonchev–Trinajstić information content (AvgIpc) is 2.29. The van der Waals surface area contributed by atoms with E-state index in [0.717, 1.165) is 16.7 Å². The number of benzene rings is 1. The van der Waals surface area contributed by atoms with Gasteiger partial charge in [-0.05, 0) is 24.1 Å². The topological polar surface area (TPSA) is 50.2 Å². The number of carboxylic acid groups (broad SMARTS) is 1. The highest BCUT2D eigenvalue weighted by atomic mass is 16.4. The Kier molecular flexibility index (Phi) is 3.19. The van der Waals surface area contributed by atoms with Crippen LogP contribution in [0.1, 0.15) is 11.3 Å². The summed E-state index contributed by atoms with van der Waals surface area (Å²) < 4.78 is 0. The Morgan fingerprint density at radius 1 is 1.24 bits per heavy atom. The lowest BCUT2D eigenvalue weighted by Crippen LogP contribution is -2.05. The minimum Gasteiger partial charge on any atom is -0.481 e. The van der Waals surface area contributed by atoms with Crippen LogP contribution in [0.5, 0.6) is 0 Å². The standard InChI is InChI=1S/C14H13NO2/c1-10-7-8-15-12(9-13(16)17)14(10)11-5-3-2-4-6-11/h2-8H,9H2,1H3,(H,16,17). The van der Waals surface area contributed by atoms with E-state index < -0.39 is 5.97 Å². The number of nitrogens with zero attached hydrogens (tertiary/aromatic N) is 1. The van der Waals surface area contributed by atoms with Crippen LogP contribution in [0.3, 0.4) is 0 Å². The zero-order chi connectivity index (χ0) is 12.3. The summed E-state index contributed by atoms with van der Waals surface area (Å²) in [5.41, 5.74) is 3.59. The number of aliphatic carboxylic acids is 1. The van der Waals surface area contributed by atoms with Crippen molar-refractivity contribution in [3.8, 4) is 11.1 Å². The number of aromatic nitrogens is 1. The largest absolute Gasteiger partial charge is 0.481 e. The van der Waals surface area contributed by atoms with Crippen molar-refractivity contribution in [1.82, 2.24) is 4.98 Å². The third kappa shape index (κ3) is 2.50. The van der Waals surface area contributed by atoms with Crippen LogP contribution in [0.15, 0.2) is 42.6 Å². The molecular weight excluding hydrogens is 214 g/mol. The van der Waals surface area contributed by atoms with Crippen LogP contribution < -0.4 is 0 Å². The molecule has 1 aromatic carbocycles. The molecule has 0 radical (unpaired) electrons. The van der Waals surface area contributed by atoms with Gasteiger partial charge >= 0.3 is 5.97 Å². The van der Waals surface area contributed by atoms with Crippen LogP contribution in [-0.2, 0) is 11.2 Å². The van der Waals surface area contributed by atoms with E-state index in [2.05, 4.69) is 4.98 Å². The van der Waals surface area contributed by atoms with Gasteiger partial charge in [0.05, 0.1) is 12.1 Å². The van der Waals surface area contributed by atoms with Gasteiger partial charge in [0.15, 0.2) is 0 Å². The molecule has 0 aliphatic heterocycles. The summed E-state index contributed by atoms with van der Waals surface area (Å²) in [6, 6.07) is 11.6. The third-order valence-electron chi connectivity index (χ3n) is 2.62. The van der Waals surface area contributed by atoms with E-state index in [9.17, 15) is 4.79 Å². The van der Waals surface area contributed by atoms with Crippen LogP contribution >= 0.6 is 0 Å². The highest BCUT2D eigenvalue weighted by Gasteiger charge is 2.11. The molecule has 0 aliphatic carbocycles. The molecular formula is C14H13NO2. The Bertz CT molecular complexity index is 535. The minimum atomic E-state index is -0.861. The van der Waals surface area contributed by atoms with Crippen molar-refractivity contribution in [1.29, 1.82) is 0 Å². The molecule has 3 nitrogen and oxygen atoms in total. The summed E-state index contributed by atoms with van der Waals surface area (Å²) in [7, 11) is 0. The first kappa shape index (κ1) is 11.3. The van der Waals surface area contributed by atoms with E-state index in [0.29, 0.717) is 5.69 Å². The Morgan fingerprint density at radius 2 is 1.94 bits per heavy atom. The predicted molar refractivity (Wildman–Crippen MR) is 65.7 cm³/mol. The van der Waals surface area contributed by atoms with Crippen molar-refractivity contribution >= 4 is 5.97 Å². The molecule has 2 rings (SSSR count). The SMILES string of the molecule is Cc1ccnc(CC(=O)O)c1-c1ccccc1. The van der Waals surface area contributed by atoms with E-state index in [4.69, 9.17) is 5.11 Å². The zero-order valence-electron chi connectivity index (χ0n) is 9.55. The molecule has 0 unspecified atom stereocenters. The maximum absolute atomic E-state index is 10.8. The monoisotopic (exact) mass is 227 g/mol. The van der Waals surface area contributed by atoms with Gasteiger partial charge in [-0.25, -0.2) is 0 Å². The molecule has 0 amide bonds. The molecule has 0 saturated carbocycles. The highest BCUT2D eigenvalue weighted by Crippen LogP contribution is 2.26. The highest BCUT2D eigenvalue weighted by molar-refractivity contribution is 5.76. The Balaban J connectivity index is 2.55. The summed E-state index contributed by atoms with van der Waals surface area (Å²) in [6.07, 6.45) is 1.60. The van der Waals surface area contributed by atoms with Crippen molar-refractivity contribution < 1.29 is 9.90 Å². The van der Waals surface area contributed by atoms with E-state index in [1.54, 1.807) is 6.20 Å². The first-order valence-electron chi connectivity index (χ1n) is 5.40. The molecule has 0 fully saturated rings. The number of hydrogen-bond donors (Lipinski definition) is 1. The van der Waals surface area contributed by atoms with Crippen molar-refractivity contribution in [2.24, 2.45) is 0 Å². The molecule has 17 heavy (non-hydrogen) atoms. The van der Waals surface area contributed by atoms with E-state index in [-0.39, 0.29) is 6.42 Å². The lowest BCUT2D eigenvalue weighted by atomic mass is 9.98. The van der Waals surface area contributed by atoms with Crippen LogP contribution in [0.25, 0.3) is 11.1 Å². The third-order valence-corrected chi connectivity index (χ3v) is 2.62. The second-order valence-electron chi connectivity index (χ2n) is 3.89. The molecule has 1 heterocycles. The van der Waals surface area contributed by atoms with Gasteiger partial charge in [0.2, 0.25) is 0 Å². The molecule has 86 valence electrons. The smallest absolute Gasteiger partial charge is 0.309 e. The summed E-state index contributed by atoms with van der Waals surface area (Å²) >= 11 is 0. The summed E-state index contributed by atoms with van der Waals surface area (Å²) in [5.74, 6) is -0.861. The van der Waals surface area contributed by atoms with Crippen LogP contribution in [0.4, 0.5) is 0 Å². The first-order chi connectivity index (χ1) is 8.18. The predicted octanol–water partition coefficient (Wildman–Crippen LogP) is 2.68. The van der Waals surface area contributed by atoms with Crippen LogP contribution in [0, 0.1) is 6.92 Å². The lowest BCUT2D eigenvalue weighted by Gasteiger charge is -2.10. The summed E-state index contributed by atoms with van der Waals surface area (Å²) in [6.45, 7) is 1.97. The fraction of sp³-hybridized carbons (Fsp3) is 0.143. The minimum absolute atomic E-state index is 0.0497. The normalized spacial score (nSPS) is 10.2. The van der Waals surface area contributed by atoms with E-state index >= 15 is 0 Å². The Morgan fingerprint density at radius 3 is 2.59 bits per heavy atom. The van der Waals surface area contributed by atoms with Gasteiger partial charge in [0, 0.05) is 11.8 Å². The van der Waals surface area contributed by atoms with E-state index in [1.165, 1.54) is 0 Å². The van der Waals surface area contributed by atoms with E-state index in [1.807, 2.05) is 43.3 Å². The molecule has 0 bridgehead atoms. The molecule has 0 saturated heterocycles. The second kappa shape index (κ2) is 4.78. The number of aryl methyl sites for hydroxylation is 1. The van der Waals surface area contributed by atoms with Crippen molar-refractivity contribution in [3.05, 3.63) is 53.9 Å².